The number of ether oxygens (including phenoxy) is 1. The molecule has 0 atom stereocenters. The van der Waals surface area contributed by atoms with Crippen molar-refractivity contribution in [2.24, 2.45) is 11.8 Å². The van der Waals surface area contributed by atoms with E-state index in [1.807, 2.05) is 0 Å². The van der Waals surface area contributed by atoms with Gasteiger partial charge in [-0.3, -0.25) is 0 Å². The van der Waals surface area contributed by atoms with Crippen LogP contribution in [0.1, 0.15) is 58.8 Å². The number of morpholine rings is 1. The van der Waals surface area contributed by atoms with Gasteiger partial charge in [-0.15, -0.1) is 0 Å². The molecular formula is C15H27NO. The van der Waals surface area contributed by atoms with Crippen LogP contribution in [-0.4, -0.2) is 24.3 Å². The van der Waals surface area contributed by atoms with Crippen molar-refractivity contribution in [3.05, 3.63) is 0 Å². The molecular weight excluding hydrogens is 210 g/mol. The Hall–Kier alpha value is -0.0800. The van der Waals surface area contributed by atoms with E-state index in [-0.39, 0.29) is 11.2 Å². The van der Waals surface area contributed by atoms with Crippen molar-refractivity contribution in [2.45, 2.75) is 70.0 Å². The summed E-state index contributed by atoms with van der Waals surface area (Å²) in [6, 6.07) is 0. The molecule has 0 unspecified atom stereocenters. The third kappa shape index (κ3) is 2.15. The fourth-order valence-corrected chi connectivity index (χ4v) is 4.12. The lowest BCUT2D eigenvalue weighted by molar-refractivity contribution is -0.239. The predicted octanol–water partition coefficient (Wildman–Crippen LogP) is 3.11. The van der Waals surface area contributed by atoms with Crippen molar-refractivity contribution in [1.29, 1.82) is 0 Å². The average molecular weight is 237 g/mol. The first-order valence-corrected chi connectivity index (χ1v) is 7.54. The van der Waals surface area contributed by atoms with E-state index < -0.39 is 0 Å². The van der Waals surface area contributed by atoms with Crippen molar-refractivity contribution in [1.82, 2.24) is 5.32 Å². The zero-order valence-electron chi connectivity index (χ0n) is 11.4. The summed E-state index contributed by atoms with van der Waals surface area (Å²) < 4.78 is 6.66. The van der Waals surface area contributed by atoms with Crippen LogP contribution < -0.4 is 5.32 Å². The Kier molecular flexibility index (Phi) is 2.99. The largest absolute Gasteiger partial charge is 0.366 e. The summed E-state index contributed by atoms with van der Waals surface area (Å²) in [4.78, 5) is 0. The van der Waals surface area contributed by atoms with E-state index in [1.165, 1.54) is 44.9 Å². The van der Waals surface area contributed by atoms with Crippen LogP contribution in [0.4, 0.5) is 0 Å². The van der Waals surface area contributed by atoms with Crippen LogP contribution in [0.2, 0.25) is 0 Å². The molecule has 0 aromatic carbocycles. The molecule has 2 aliphatic carbocycles. The molecule has 0 radical (unpaired) electrons. The minimum atomic E-state index is 0.207. The van der Waals surface area contributed by atoms with Gasteiger partial charge in [0.2, 0.25) is 0 Å². The van der Waals surface area contributed by atoms with E-state index in [0.29, 0.717) is 0 Å². The highest BCUT2D eigenvalue weighted by Gasteiger charge is 2.53. The third-order valence-electron chi connectivity index (χ3n) is 5.30. The fraction of sp³-hybridized carbons (Fsp3) is 1.00. The second-order valence-corrected chi connectivity index (χ2v) is 7.04. The Morgan fingerprint density at radius 3 is 2.29 bits per heavy atom. The van der Waals surface area contributed by atoms with E-state index in [4.69, 9.17) is 4.74 Å². The van der Waals surface area contributed by atoms with Gasteiger partial charge >= 0.3 is 0 Å². The number of rotatable bonds is 1. The molecule has 3 aliphatic rings. The summed E-state index contributed by atoms with van der Waals surface area (Å²) in [6.07, 6.45) is 9.30. The summed E-state index contributed by atoms with van der Waals surface area (Å²) >= 11 is 0. The maximum absolute atomic E-state index is 6.66. The van der Waals surface area contributed by atoms with Crippen molar-refractivity contribution in [3.8, 4) is 0 Å². The number of hydrogen-bond acceptors (Lipinski definition) is 2. The Bertz CT molecular complexity index is 269. The van der Waals surface area contributed by atoms with Gasteiger partial charge in [0, 0.05) is 13.1 Å². The van der Waals surface area contributed by atoms with Crippen molar-refractivity contribution in [3.63, 3.8) is 0 Å². The monoisotopic (exact) mass is 237 g/mol. The zero-order valence-corrected chi connectivity index (χ0v) is 11.4. The van der Waals surface area contributed by atoms with Gasteiger partial charge in [-0.25, -0.2) is 0 Å². The highest BCUT2D eigenvalue weighted by atomic mass is 16.5. The summed E-state index contributed by atoms with van der Waals surface area (Å²) in [5.74, 6) is 1.73. The molecule has 0 amide bonds. The minimum Gasteiger partial charge on any atom is -0.366 e. The molecule has 0 aromatic rings. The van der Waals surface area contributed by atoms with Crippen LogP contribution >= 0.6 is 0 Å². The molecule has 98 valence electrons. The van der Waals surface area contributed by atoms with Crippen LogP contribution in [0.15, 0.2) is 0 Å². The summed E-state index contributed by atoms with van der Waals surface area (Å²) in [6.45, 7) is 6.90. The van der Waals surface area contributed by atoms with E-state index in [0.717, 1.165) is 24.9 Å². The van der Waals surface area contributed by atoms with Gasteiger partial charge in [0.05, 0.1) is 11.2 Å². The van der Waals surface area contributed by atoms with Gasteiger partial charge in [0.1, 0.15) is 0 Å². The SMILES string of the molecule is CC(C)C1CC2(CNCC3(CCCCC3)O2)C1. The highest BCUT2D eigenvalue weighted by Crippen LogP contribution is 2.50. The predicted molar refractivity (Wildman–Crippen MR) is 70.1 cm³/mol. The van der Waals surface area contributed by atoms with Gasteiger partial charge in [0.15, 0.2) is 0 Å². The second kappa shape index (κ2) is 4.24. The van der Waals surface area contributed by atoms with Crippen LogP contribution in [0, 0.1) is 11.8 Å². The lowest BCUT2D eigenvalue weighted by atomic mass is 9.64. The zero-order chi connectivity index (χ0) is 11.9. The lowest BCUT2D eigenvalue weighted by Gasteiger charge is -2.58. The molecule has 17 heavy (non-hydrogen) atoms. The molecule has 1 aliphatic heterocycles. The minimum absolute atomic E-state index is 0.207. The summed E-state index contributed by atoms with van der Waals surface area (Å²) in [5.41, 5.74) is 0.420. The van der Waals surface area contributed by atoms with E-state index >= 15 is 0 Å². The Balaban J connectivity index is 1.64. The maximum Gasteiger partial charge on any atom is 0.0820 e. The Morgan fingerprint density at radius 1 is 1.00 bits per heavy atom. The molecule has 1 N–H and O–H groups in total. The Morgan fingerprint density at radius 2 is 1.65 bits per heavy atom. The van der Waals surface area contributed by atoms with Gasteiger partial charge in [-0.2, -0.15) is 0 Å². The molecule has 2 heteroatoms. The highest BCUT2D eigenvalue weighted by molar-refractivity contribution is 5.05. The van der Waals surface area contributed by atoms with Gasteiger partial charge in [0.25, 0.3) is 0 Å². The molecule has 2 spiro atoms. The summed E-state index contributed by atoms with van der Waals surface area (Å²) in [5, 5.41) is 3.67. The lowest BCUT2D eigenvalue weighted by Crippen LogP contribution is -2.65. The molecule has 1 heterocycles. The first kappa shape index (κ1) is 12.0. The van der Waals surface area contributed by atoms with Crippen LogP contribution in [-0.2, 0) is 4.74 Å². The molecule has 3 rings (SSSR count). The van der Waals surface area contributed by atoms with E-state index in [1.54, 1.807) is 0 Å². The van der Waals surface area contributed by atoms with E-state index in [9.17, 15) is 0 Å². The van der Waals surface area contributed by atoms with E-state index in [2.05, 4.69) is 19.2 Å². The summed E-state index contributed by atoms with van der Waals surface area (Å²) in [7, 11) is 0. The molecule has 0 bridgehead atoms. The van der Waals surface area contributed by atoms with Crippen LogP contribution in [0.5, 0.6) is 0 Å². The fourth-order valence-electron chi connectivity index (χ4n) is 4.12. The van der Waals surface area contributed by atoms with Gasteiger partial charge in [-0.05, 0) is 37.5 Å². The molecule has 0 aromatic heterocycles. The van der Waals surface area contributed by atoms with Crippen LogP contribution in [0.25, 0.3) is 0 Å². The molecule has 3 fully saturated rings. The van der Waals surface area contributed by atoms with Crippen molar-refractivity contribution >= 4 is 0 Å². The smallest absolute Gasteiger partial charge is 0.0820 e. The van der Waals surface area contributed by atoms with Gasteiger partial charge in [-0.1, -0.05) is 33.1 Å². The second-order valence-electron chi connectivity index (χ2n) is 7.04. The van der Waals surface area contributed by atoms with Crippen molar-refractivity contribution in [2.75, 3.05) is 13.1 Å². The first-order valence-electron chi connectivity index (χ1n) is 7.54. The Labute approximate surface area is 105 Å². The van der Waals surface area contributed by atoms with Crippen LogP contribution in [0.3, 0.4) is 0 Å². The van der Waals surface area contributed by atoms with Crippen molar-refractivity contribution < 1.29 is 4.74 Å². The number of hydrogen-bond donors (Lipinski definition) is 1. The third-order valence-corrected chi connectivity index (χ3v) is 5.30. The first-order chi connectivity index (χ1) is 8.13. The van der Waals surface area contributed by atoms with Gasteiger partial charge < -0.3 is 10.1 Å². The maximum atomic E-state index is 6.66. The molecule has 2 nitrogen and oxygen atoms in total. The normalized spacial score (nSPS) is 40.8. The topological polar surface area (TPSA) is 21.3 Å². The average Bonchev–Trinajstić information content (AvgIpc) is 2.26. The standard InChI is InChI=1S/C15H27NO/c1-12(2)13-8-15(9-13)11-16-10-14(17-15)6-4-3-5-7-14/h12-13,16H,3-11H2,1-2H3. The molecule has 2 saturated carbocycles. The molecule has 1 saturated heterocycles. The number of nitrogens with one attached hydrogen (secondary N) is 1. The quantitative estimate of drug-likeness (QED) is 0.756.